The molecule has 9 heteroatoms. The number of hydrogen-bond acceptors (Lipinski definition) is 6. The van der Waals surface area contributed by atoms with Crippen LogP contribution in [0.3, 0.4) is 0 Å². The van der Waals surface area contributed by atoms with Crippen molar-refractivity contribution >= 4 is 27.6 Å². The Morgan fingerprint density at radius 3 is 2.43 bits per heavy atom. The van der Waals surface area contributed by atoms with Crippen LogP contribution < -0.4 is 14.8 Å². The highest BCUT2D eigenvalue weighted by Gasteiger charge is 2.18. The molecule has 0 heterocycles. The van der Waals surface area contributed by atoms with Gasteiger partial charge < -0.3 is 14.8 Å². The molecule has 0 aromatic heterocycles. The number of carbonyl (C=O) groups is 2. The van der Waals surface area contributed by atoms with E-state index in [1.807, 2.05) is 6.92 Å². The Bertz CT molecular complexity index is 1000. The molecule has 0 aliphatic rings. The predicted octanol–water partition coefficient (Wildman–Crippen LogP) is 2.02. The van der Waals surface area contributed by atoms with Crippen molar-refractivity contribution in [1.29, 1.82) is 0 Å². The first kappa shape index (κ1) is 21.4. The van der Waals surface area contributed by atoms with Crippen LogP contribution in [-0.4, -0.2) is 41.1 Å². The molecule has 2 aromatic carbocycles. The Kier molecular flexibility index (Phi) is 6.76. The molecule has 2 aromatic rings. The molecule has 2 N–H and O–H groups in total. The van der Waals surface area contributed by atoms with Crippen LogP contribution in [0.5, 0.6) is 5.75 Å². The molecule has 2 rings (SSSR count). The highest BCUT2D eigenvalue weighted by atomic mass is 32.2. The van der Waals surface area contributed by atoms with Crippen molar-refractivity contribution in [1.82, 2.24) is 4.72 Å². The van der Waals surface area contributed by atoms with Gasteiger partial charge in [-0.1, -0.05) is 17.7 Å². The number of ether oxygens (including phenoxy) is 2. The lowest BCUT2D eigenvalue weighted by Crippen LogP contribution is -2.22. The lowest BCUT2D eigenvalue weighted by atomic mass is 10.1. The zero-order chi connectivity index (χ0) is 20.9. The minimum atomic E-state index is -3.66. The number of aryl methyl sites for hydroxylation is 2. The molecule has 0 atom stereocenters. The van der Waals surface area contributed by atoms with E-state index in [0.29, 0.717) is 11.3 Å². The third kappa shape index (κ3) is 5.08. The molecule has 0 aliphatic heterocycles. The minimum Gasteiger partial charge on any atom is -0.496 e. The Balaban J connectivity index is 2.06. The predicted molar refractivity (Wildman–Crippen MR) is 104 cm³/mol. The van der Waals surface area contributed by atoms with Gasteiger partial charge in [0.05, 0.1) is 12.0 Å². The summed E-state index contributed by atoms with van der Waals surface area (Å²) < 4.78 is 36.4. The quantitative estimate of drug-likeness (QED) is 0.681. The summed E-state index contributed by atoms with van der Waals surface area (Å²) in [7, 11) is -0.924. The van der Waals surface area contributed by atoms with E-state index in [2.05, 4.69) is 10.0 Å². The summed E-state index contributed by atoms with van der Waals surface area (Å²) in [6.07, 6.45) is 0. The zero-order valence-corrected chi connectivity index (χ0v) is 16.8. The van der Waals surface area contributed by atoms with E-state index < -0.39 is 28.5 Å². The second kappa shape index (κ2) is 8.85. The van der Waals surface area contributed by atoms with Crippen LogP contribution in [-0.2, 0) is 19.6 Å². The van der Waals surface area contributed by atoms with Gasteiger partial charge in [0.25, 0.3) is 5.91 Å². The van der Waals surface area contributed by atoms with Crippen molar-refractivity contribution in [2.45, 2.75) is 18.7 Å². The lowest BCUT2D eigenvalue weighted by Gasteiger charge is -2.11. The highest BCUT2D eigenvalue weighted by molar-refractivity contribution is 7.89. The van der Waals surface area contributed by atoms with Crippen LogP contribution in [0.1, 0.15) is 21.5 Å². The number of anilines is 1. The monoisotopic (exact) mass is 406 g/mol. The summed E-state index contributed by atoms with van der Waals surface area (Å²) in [5.74, 6) is -0.953. The first-order valence-corrected chi connectivity index (χ1v) is 9.82. The maximum atomic E-state index is 12.2. The smallest absolute Gasteiger partial charge is 0.342 e. The minimum absolute atomic E-state index is 0.0503. The van der Waals surface area contributed by atoms with E-state index in [0.717, 1.165) is 5.56 Å². The van der Waals surface area contributed by atoms with Crippen molar-refractivity contribution in [3.63, 3.8) is 0 Å². The van der Waals surface area contributed by atoms with E-state index in [1.54, 1.807) is 37.3 Å². The summed E-state index contributed by atoms with van der Waals surface area (Å²) in [5.41, 5.74) is 1.86. The molecule has 0 unspecified atom stereocenters. The van der Waals surface area contributed by atoms with Gasteiger partial charge in [0, 0.05) is 5.69 Å². The second-order valence-electron chi connectivity index (χ2n) is 6.02. The van der Waals surface area contributed by atoms with Gasteiger partial charge in [-0.15, -0.1) is 0 Å². The number of sulfonamides is 1. The standard InChI is InChI=1S/C19H22N2O6S/c1-12-5-8-16(26-4)15(9-12)19(23)27-11-18(22)21-14-7-6-13(2)17(10-14)28(24,25)20-3/h5-10,20H,11H2,1-4H3,(H,21,22). The Hall–Kier alpha value is -2.91. The lowest BCUT2D eigenvalue weighted by molar-refractivity contribution is -0.119. The summed E-state index contributed by atoms with van der Waals surface area (Å²) in [5, 5.41) is 2.51. The fraction of sp³-hybridized carbons (Fsp3) is 0.263. The van der Waals surface area contributed by atoms with Gasteiger partial charge in [0.2, 0.25) is 10.0 Å². The van der Waals surface area contributed by atoms with Crippen molar-refractivity contribution in [2.24, 2.45) is 0 Å². The molecule has 0 aliphatic carbocycles. The number of nitrogens with one attached hydrogen (secondary N) is 2. The Morgan fingerprint density at radius 2 is 1.79 bits per heavy atom. The van der Waals surface area contributed by atoms with E-state index in [1.165, 1.54) is 20.2 Å². The van der Waals surface area contributed by atoms with Crippen LogP contribution in [0.4, 0.5) is 5.69 Å². The van der Waals surface area contributed by atoms with Gasteiger partial charge in [0.1, 0.15) is 11.3 Å². The first-order chi connectivity index (χ1) is 13.2. The molecule has 0 radical (unpaired) electrons. The van der Waals surface area contributed by atoms with Crippen molar-refractivity contribution in [3.05, 3.63) is 53.1 Å². The average molecular weight is 406 g/mol. The Labute approximate surface area is 163 Å². The summed E-state index contributed by atoms with van der Waals surface area (Å²) >= 11 is 0. The molecule has 8 nitrogen and oxygen atoms in total. The van der Waals surface area contributed by atoms with Crippen molar-refractivity contribution in [3.8, 4) is 5.75 Å². The molecule has 1 amide bonds. The van der Waals surface area contributed by atoms with Crippen LogP contribution in [0.25, 0.3) is 0 Å². The fourth-order valence-corrected chi connectivity index (χ4v) is 3.46. The topological polar surface area (TPSA) is 111 Å². The average Bonchev–Trinajstić information content (AvgIpc) is 2.67. The maximum absolute atomic E-state index is 12.2. The number of benzene rings is 2. The van der Waals surface area contributed by atoms with Gasteiger partial charge in [-0.2, -0.15) is 0 Å². The van der Waals surface area contributed by atoms with Gasteiger partial charge in [-0.05, 0) is 50.7 Å². The van der Waals surface area contributed by atoms with Crippen LogP contribution >= 0.6 is 0 Å². The maximum Gasteiger partial charge on any atom is 0.342 e. The van der Waals surface area contributed by atoms with Gasteiger partial charge in [0.15, 0.2) is 6.61 Å². The van der Waals surface area contributed by atoms with Gasteiger partial charge in [-0.3, -0.25) is 4.79 Å². The van der Waals surface area contributed by atoms with Crippen LogP contribution in [0.15, 0.2) is 41.3 Å². The molecule has 0 saturated heterocycles. The molecule has 0 saturated carbocycles. The SMILES string of the molecule is CNS(=O)(=O)c1cc(NC(=O)COC(=O)c2cc(C)ccc2OC)ccc1C. The highest BCUT2D eigenvalue weighted by Crippen LogP contribution is 2.21. The van der Waals surface area contributed by atoms with E-state index >= 15 is 0 Å². The van der Waals surface area contributed by atoms with Crippen molar-refractivity contribution < 1.29 is 27.5 Å². The number of methoxy groups -OCH3 is 1. The summed E-state index contributed by atoms with van der Waals surface area (Å²) in [6.45, 7) is 2.93. The molecular formula is C19H22N2O6S. The molecule has 28 heavy (non-hydrogen) atoms. The largest absolute Gasteiger partial charge is 0.496 e. The number of amides is 1. The van der Waals surface area contributed by atoms with Gasteiger partial charge in [-0.25, -0.2) is 17.9 Å². The number of hydrogen-bond donors (Lipinski definition) is 2. The normalized spacial score (nSPS) is 11.0. The molecule has 0 fully saturated rings. The molecule has 0 bridgehead atoms. The molecule has 150 valence electrons. The summed E-state index contributed by atoms with van der Waals surface area (Å²) in [4.78, 5) is 24.4. The number of carbonyl (C=O) groups excluding carboxylic acids is 2. The molecule has 0 spiro atoms. The first-order valence-electron chi connectivity index (χ1n) is 8.33. The van der Waals surface area contributed by atoms with Gasteiger partial charge >= 0.3 is 5.97 Å². The number of rotatable bonds is 7. The fourth-order valence-electron chi connectivity index (χ4n) is 2.46. The second-order valence-corrected chi connectivity index (χ2v) is 7.87. The van der Waals surface area contributed by atoms with E-state index in [-0.39, 0.29) is 16.1 Å². The molecular weight excluding hydrogens is 384 g/mol. The summed E-state index contributed by atoms with van der Waals surface area (Å²) in [6, 6.07) is 9.51. The zero-order valence-electron chi connectivity index (χ0n) is 16.0. The third-order valence-electron chi connectivity index (χ3n) is 3.94. The van der Waals surface area contributed by atoms with E-state index in [9.17, 15) is 18.0 Å². The van der Waals surface area contributed by atoms with Crippen LogP contribution in [0.2, 0.25) is 0 Å². The number of esters is 1. The van der Waals surface area contributed by atoms with Crippen LogP contribution in [0, 0.1) is 13.8 Å². The Morgan fingerprint density at radius 1 is 1.07 bits per heavy atom. The third-order valence-corrected chi connectivity index (χ3v) is 5.50. The van der Waals surface area contributed by atoms with E-state index in [4.69, 9.17) is 9.47 Å². The van der Waals surface area contributed by atoms with Crippen molar-refractivity contribution in [2.75, 3.05) is 26.1 Å².